The first-order chi connectivity index (χ1) is 26.6. The Kier molecular flexibility index (Phi) is 13.6. The van der Waals surface area contributed by atoms with Crippen LogP contribution in [0.15, 0.2) is 67.0 Å². The average molecular weight is 769 g/mol. The molecule has 4 N–H and O–H groups in total. The quantitative estimate of drug-likeness (QED) is 0.0856. The molecule has 0 bridgehead atoms. The number of nitrogens with one attached hydrogen (secondary N) is 1. The molecule has 0 radical (unpaired) electrons. The highest BCUT2D eigenvalue weighted by atomic mass is 35.5. The first-order valence-electron chi connectivity index (χ1n) is 18.9. The van der Waals surface area contributed by atoms with Gasteiger partial charge in [-0.05, 0) is 111 Å². The van der Waals surface area contributed by atoms with Gasteiger partial charge in [0.15, 0.2) is 0 Å². The van der Waals surface area contributed by atoms with Gasteiger partial charge >= 0.3 is 5.97 Å². The van der Waals surface area contributed by atoms with Gasteiger partial charge in [-0.1, -0.05) is 41.9 Å². The number of aromatic nitrogens is 1. The number of carboxylic acids is 1. The zero-order chi connectivity index (χ0) is 38.9. The van der Waals surface area contributed by atoms with Crippen LogP contribution in [-0.2, 0) is 24.4 Å². The molecule has 0 amide bonds. The van der Waals surface area contributed by atoms with Gasteiger partial charge in [0, 0.05) is 49.3 Å². The Morgan fingerprint density at radius 1 is 1.05 bits per heavy atom. The highest BCUT2D eigenvalue weighted by Gasteiger charge is 2.29. The summed E-state index contributed by atoms with van der Waals surface area (Å²) in [6.07, 6.45) is 6.29. The predicted molar refractivity (Wildman–Crippen MR) is 209 cm³/mol. The van der Waals surface area contributed by atoms with Crippen LogP contribution >= 0.6 is 11.6 Å². The molecular formula is C43H49ClN4O7. The van der Waals surface area contributed by atoms with Gasteiger partial charge in [0.25, 0.3) is 0 Å². The largest absolute Gasteiger partial charge is 0.493 e. The fourth-order valence-corrected chi connectivity index (χ4v) is 7.71. The molecule has 0 saturated carbocycles. The number of carbonyl (C=O) groups is 1. The number of fused-ring (bicyclic) bond motifs is 1. The number of benzene rings is 3. The molecular weight excluding hydrogens is 720 g/mol. The van der Waals surface area contributed by atoms with Crippen molar-refractivity contribution in [3.05, 3.63) is 105 Å². The summed E-state index contributed by atoms with van der Waals surface area (Å²) in [5.74, 6) is 0.967. The van der Waals surface area contributed by atoms with Crippen molar-refractivity contribution in [2.45, 2.75) is 77.4 Å². The van der Waals surface area contributed by atoms with E-state index in [0.29, 0.717) is 45.7 Å². The number of aliphatic hydroxyl groups excluding tert-OH is 2. The fourth-order valence-electron chi connectivity index (χ4n) is 7.48. The Hall–Kier alpha value is -4.70. The lowest BCUT2D eigenvalue weighted by atomic mass is 9.93. The molecule has 12 heteroatoms. The van der Waals surface area contributed by atoms with Gasteiger partial charge in [-0.25, -0.2) is 0 Å². The summed E-state index contributed by atoms with van der Waals surface area (Å²) in [6, 6.07) is 18.5. The highest BCUT2D eigenvalue weighted by Crippen LogP contribution is 2.44. The molecule has 2 aliphatic rings. The molecule has 290 valence electrons. The zero-order valence-electron chi connectivity index (χ0n) is 31.3. The van der Waals surface area contributed by atoms with E-state index in [4.69, 9.17) is 25.8 Å². The van der Waals surface area contributed by atoms with E-state index in [1.54, 1.807) is 24.4 Å². The van der Waals surface area contributed by atoms with E-state index in [9.17, 15) is 25.4 Å². The normalized spacial score (nSPS) is 16.9. The standard InChI is InChI=1S/C43H49ClN4O7/c1-27-33(6-4-9-38(27)53-17-5-14-48-15-12-29(25-49)13-16-48)34-7-3-8-36-35(34)10-11-39(36)55-41-20-40(54-26-31-18-30(21-45)22-46-23-31)32(19-37(41)44)24-47-42(28(2)50)43(51)52/h3-4,6-9,18-20,22-23,28-29,39,42,47,49-50H,5,10-17,24-26H2,1-2H3,(H,51,52)/t28-,39+,42+/m1/s1. The average Bonchev–Trinajstić information content (AvgIpc) is 3.60. The molecule has 4 aromatic rings. The predicted octanol–water partition coefficient (Wildman–Crippen LogP) is 6.62. The Morgan fingerprint density at radius 3 is 2.58 bits per heavy atom. The van der Waals surface area contributed by atoms with E-state index in [1.807, 2.05) is 12.1 Å². The zero-order valence-corrected chi connectivity index (χ0v) is 32.1. The van der Waals surface area contributed by atoms with Gasteiger partial charge in [-0.3, -0.25) is 15.1 Å². The summed E-state index contributed by atoms with van der Waals surface area (Å²) in [4.78, 5) is 18.3. The van der Waals surface area contributed by atoms with Crippen LogP contribution in [0.2, 0.25) is 5.02 Å². The number of halogens is 1. The summed E-state index contributed by atoms with van der Waals surface area (Å²) in [5, 5.41) is 41.6. The highest BCUT2D eigenvalue weighted by molar-refractivity contribution is 6.32. The summed E-state index contributed by atoms with van der Waals surface area (Å²) in [6.45, 7) is 7.64. The van der Waals surface area contributed by atoms with Gasteiger partial charge in [0.05, 0.1) is 23.3 Å². The molecule has 1 aliphatic heterocycles. The number of piperidine rings is 1. The topological polar surface area (TPSA) is 157 Å². The van der Waals surface area contributed by atoms with Crippen LogP contribution in [0.5, 0.6) is 17.2 Å². The van der Waals surface area contributed by atoms with E-state index >= 15 is 0 Å². The van der Waals surface area contributed by atoms with Gasteiger partial charge in [-0.15, -0.1) is 0 Å². The molecule has 6 rings (SSSR count). The van der Waals surface area contributed by atoms with Gasteiger partial charge in [0.1, 0.15) is 42.1 Å². The van der Waals surface area contributed by atoms with Crippen molar-refractivity contribution >= 4 is 17.6 Å². The third-order valence-electron chi connectivity index (χ3n) is 10.6. The maximum absolute atomic E-state index is 11.8. The van der Waals surface area contributed by atoms with Crippen LogP contribution < -0.4 is 19.5 Å². The third-order valence-corrected chi connectivity index (χ3v) is 10.9. The summed E-state index contributed by atoms with van der Waals surface area (Å²) in [5.41, 5.74) is 7.32. The van der Waals surface area contributed by atoms with Gasteiger partial charge in [-0.2, -0.15) is 5.26 Å². The van der Waals surface area contributed by atoms with E-state index in [-0.39, 0.29) is 25.9 Å². The maximum Gasteiger partial charge on any atom is 0.323 e. The lowest BCUT2D eigenvalue weighted by Gasteiger charge is -2.30. The SMILES string of the molecule is Cc1c(OCCCN2CCC(CO)CC2)cccc1-c1cccc2c1CC[C@@H]2Oc1cc(OCc2cncc(C#N)c2)c(CN[C@H](C(=O)O)[C@@H](C)O)cc1Cl. The number of carboxylic acid groups (broad SMARTS) is 1. The molecule has 3 atom stereocenters. The summed E-state index contributed by atoms with van der Waals surface area (Å²) < 4.78 is 19.2. The molecule has 11 nitrogen and oxygen atoms in total. The van der Waals surface area contributed by atoms with Gasteiger partial charge in [0.2, 0.25) is 0 Å². The van der Waals surface area contributed by atoms with Crippen LogP contribution in [0.25, 0.3) is 11.1 Å². The monoisotopic (exact) mass is 768 g/mol. The molecule has 2 heterocycles. The number of rotatable bonds is 17. The minimum Gasteiger partial charge on any atom is -0.493 e. The number of aliphatic carboxylic acids is 1. The number of likely N-dealkylation sites (tertiary alicyclic amines) is 1. The Bertz CT molecular complexity index is 1990. The number of hydrogen-bond acceptors (Lipinski definition) is 10. The van der Waals surface area contributed by atoms with E-state index in [0.717, 1.165) is 79.7 Å². The number of nitriles is 1. The minimum atomic E-state index is -1.20. The number of ether oxygens (including phenoxy) is 3. The van der Waals surface area contributed by atoms with Crippen LogP contribution in [0.4, 0.5) is 0 Å². The third kappa shape index (κ3) is 9.95. The molecule has 3 aromatic carbocycles. The molecule has 55 heavy (non-hydrogen) atoms. The van der Waals surface area contributed by atoms with Crippen molar-refractivity contribution in [1.82, 2.24) is 15.2 Å². The molecule has 1 aliphatic carbocycles. The number of nitrogens with zero attached hydrogens (tertiary/aromatic N) is 3. The summed E-state index contributed by atoms with van der Waals surface area (Å²) >= 11 is 6.83. The second-order valence-corrected chi connectivity index (χ2v) is 14.8. The Morgan fingerprint density at radius 2 is 1.84 bits per heavy atom. The van der Waals surface area contributed by atoms with Gasteiger partial charge < -0.3 is 34.4 Å². The van der Waals surface area contributed by atoms with E-state index < -0.39 is 18.1 Å². The van der Waals surface area contributed by atoms with Crippen LogP contribution in [-0.4, -0.2) is 76.2 Å². The van der Waals surface area contributed by atoms with Crippen molar-refractivity contribution < 1.29 is 34.3 Å². The first kappa shape index (κ1) is 40.0. The van der Waals surface area contributed by atoms with E-state index in [1.165, 1.54) is 18.7 Å². The second kappa shape index (κ2) is 18.8. The first-order valence-corrected chi connectivity index (χ1v) is 19.3. The van der Waals surface area contributed by atoms with E-state index in [2.05, 4.69) is 52.5 Å². The second-order valence-electron chi connectivity index (χ2n) is 14.4. The minimum absolute atomic E-state index is 0.0513. The van der Waals surface area contributed by atoms with Crippen LogP contribution in [0, 0.1) is 24.2 Å². The summed E-state index contributed by atoms with van der Waals surface area (Å²) in [7, 11) is 0. The van der Waals surface area contributed by atoms with Crippen LogP contribution in [0.1, 0.15) is 72.1 Å². The number of aliphatic hydroxyl groups is 2. The van der Waals surface area contributed by atoms with Crippen molar-refractivity contribution in [2.24, 2.45) is 5.92 Å². The molecule has 0 unspecified atom stereocenters. The van der Waals surface area contributed by atoms with Crippen molar-refractivity contribution in [2.75, 3.05) is 32.8 Å². The molecule has 1 saturated heterocycles. The Balaban J connectivity index is 1.18. The van der Waals surface area contributed by atoms with Crippen LogP contribution in [0.3, 0.4) is 0 Å². The molecule has 1 aromatic heterocycles. The Labute approximate surface area is 327 Å². The number of hydrogen-bond donors (Lipinski definition) is 4. The molecule has 1 fully saturated rings. The maximum atomic E-state index is 11.8. The lowest BCUT2D eigenvalue weighted by molar-refractivity contribution is -0.142. The van der Waals surface area contributed by atoms with Crippen molar-refractivity contribution in [1.29, 1.82) is 5.26 Å². The van der Waals surface area contributed by atoms with Crippen molar-refractivity contribution in [3.8, 4) is 34.4 Å². The number of pyridine rings is 1. The van der Waals surface area contributed by atoms with Crippen molar-refractivity contribution in [3.63, 3.8) is 0 Å². The lowest BCUT2D eigenvalue weighted by Crippen LogP contribution is -2.44. The fraction of sp³-hybridized carbons (Fsp3) is 0.419. The molecule has 0 spiro atoms. The smallest absolute Gasteiger partial charge is 0.323 e.